The van der Waals surface area contributed by atoms with E-state index in [9.17, 15) is 9.59 Å². The van der Waals surface area contributed by atoms with Gasteiger partial charge in [0.15, 0.2) is 0 Å². The summed E-state index contributed by atoms with van der Waals surface area (Å²) in [5.74, 6) is 0.241. The second kappa shape index (κ2) is 11.7. The first-order chi connectivity index (χ1) is 15.0. The third kappa shape index (κ3) is 8.75. The monoisotopic (exact) mass is 460 g/mol. The Morgan fingerprint density at radius 2 is 1.84 bits per heavy atom. The number of ether oxygens (including phenoxy) is 1. The first-order valence-electron chi connectivity index (χ1n) is 10.7. The van der Waals surface area contributed by atoms with E-state index < -0.39 is 0 Å². The number of nitrogens with one attached hydrogen (secondary N) is 2. The number of rotatable bonds is 10. The molecule has 2 rings (SSSR count). The lowest BCUT2D eigenvalue weighted by atomic mass is 10.1. The fraction of sp³-hybridized carbons (Fsp3) is 0.458. The Morgan fingerprint density at radius 3 is 2.47 bits per heavy atom. The number of carbonyl (C=O) groups excluding carboxylic acids is 2. The van der Waals surface area contributed by atoms with Crippen molar-refractivity contribution in [3.8, 4) is 5.75 Å². The number of anilines is 1. The number of pyridine rings is 1. The Labute approximate surface area is 195 Å². The van der Waals surface area contributed by atoms with Crippen LogP contribution in [0.15, 0.2) is 42.7 Å². The molecule has 0 spiro atoms. The molecule has 0 aliphatic rings. The molecule has 0 fully saturated rings. The van der Waals surface area contributed by atoms with Crippen molar-refractivity contribution in [2.45, 2.75) is 52.6 Å². The van der Waals surface area contributed by atoms with Crippen molar-refractivity contribution in [3.63, 3.8) is 0 Å². The topological polar surface area (TPSA) is 83.6 Å². The van der Waals surface area contributed by atoms with E-state index in [-0.39, 0.29) is 29.8 Å². The fourth-order valence-corrected chi connectivity index (χ4v) is 3.29. The molecular formula is C24H33ClN4O3. The molecule has 0 saturated carbocycles. The van der Waals surface area contributed by atoms with Gasteiger partial charge in [-0.15, -0.1) is 0 Å². The SMILES string of the molecule is CC(C)N(CCC(=O)NC(C)(C)C)C(=O)c1cc(Cl)cc(OCCNc2ccncc2)c1. The Hall–Kier alpha value is -2.80. The van der Waals surface area contributed by atoms with Gasteiger partial charge < -0.3 is 20.3 Å². The molecule has 2 N–H and O–H groups in total. The largest absolute Gasteiger partial charge is 0.492 e. The average Bonchev–Trinajstić information content (AvgIpc) is 2.70. The van der Waals surface area contributed by atoms with Crippen LogP contribution in [0.2, 0.25) is 5.02 Å². The van der Waals surface area contributed by atoms with Gasteiger partial charge in [0.25, 0.3) is 5.91 Å². The molecule has 174 valence electrons. The molecule has 8 heteroatoms. The summed E-state index contributed by atoms with van der Waals surface area (Å²) in [4.78, 5) is 31.0. The summed E-state index contributed by atoms with van der Waals surface area (Å²) in [5, 5.41) is 6.57. The van der Waals surface area contributed by atoms with E-state index in [1.807, 2.05) is 46.8 Å². The summed E-state index contributed by atoms with van der Waals surface area (Å²) in [6.07, 6.45) is 3.66. The normalized spacial score (nSPS) is 11.2. The van der Waals surface area contributed by atoms with Crippen LogP contribution in [0.1, 0.15) is 51.4 Å². The minimum atomic E-state index is -0.310. The van der Waals surface area contributed by atoms with Crippen LogP contribution < -0.4 is 15.4 Å². The predicted octanol–water partition coefficient (Wildman–Crippen LogP) is 4.38. The summed E-state index contributed by atoms with van der Waals surface area (Å²) in [6, 6.07) is 8.66. The zero-order valence-electron chi connectivity index (χ0n) is 19.4. The summed E-state index contributed by atoms with van der Waals surface area (Å²) < 4.78 is 5.80. The lowest BCUT2D eigenvalue weighted by Crippen LogP contribution is -2.44. The van der Waals surface area contributed by atoms with Gasteiger partial charge in [-0.3, -0.25) is 14.6 Å². The first-order valence-corrected chi connectivity index (χ1v) is 11.1. The Kier molecular flexibility index (Phi) is 9.32. The predicted molar refractivity (Wildman–Crippen MR) is 128 cm³/mol. The van der Waals surface area contributed by atoms with Gasteiger partial charge in [0.2, 0.25) is 5.91 Å². The lowest BCUT2D eigenvalue weighted by Gasteiger charge is -2.28. The van der Waals surface area contributed by atoms with Crippen LogP contribution in [0.25, 0.3) is 0 Å². The molecular weight excluding hydrogens is 428 g/mol. The van der Waals surface area contributed by atoms with Gasteiger partial charge in [-0.25, -0.2) is 0 Å². The highest BCUT2D eigenvalue weighted by molar-refractivity contribution is 6.31. The second-order valence-corrected chi connectivity index (χ2v) is 9.26. The Morgan fingerprint density at radius 1 is 1.16 bits per heavy atom. The van der Waals surface area contributed by atoms with Gasteiger partial charge in [0, 0.05) is 59.8 Å². The average molecular weight is 461 g/mol. The van der Waals surface area contributed by atoms with Gasteiger partial charge in [0.05, 0.1) is 0 Å². The fourth-order valence-electron chi connectivity index (χ4n) is 3.07. The van der Waals surface area contributed by atoms with E-state index in [0.29, 0.717) is 36.0 Å². The number of hydrogen-bond acceptors (Lipinski definition) is 5. The molecule has 1 heterocycles. The van der Waals surface area contributed by atoms with Gasteiger partial charge in [-0.1, -0.05) is 11.6 Å². The van der Waals surface area contributed by atoms with Gasteiger partial charge in [-0.2, -0.15) is 0 Å². The summed E-state index contributed by atoms with van der Waals surface area (Å²) >= 11 is 6.25. The summed E-state index contributed by atoms with van der Waals surface area (Å²) in [5.41, 5.74) is 1.07. The standard InChI is InChI=1S/C24H33ClN4O3/c1-17(2)29(12-8-22(30)28-24(3,4)5)23(31)18-14-19(25)16-21(15-18)32-13-11-27-20-6-9-26-10-7-20/h6-7,9-10,14-17H,8,11-13H2,1-5H3,(H,26,27)(H,28,30). The van der Waals surface area contributed by atoms with Gasteiger partial charge in [-0.05, 0) is 65.0 Å². The molecule has 0 saturated heterocycles. The third-order valence-electron chi connectivity index (χ3n) is 4.48. The van der Waals surface area contributed by atoms with Crippen molar-refractivity contribution in [1.82, 2.24) is 15.2 Å². The van der Waals surface area contributed by atoms with Gasteiger partial charge in [0.1, 0.15) is 12.4 Å². The summed E-state index contributed by atoms with van der Waals surface area (Å²) in [6.45, 7) is 10.9. The number of aromatic nitrogens is 1. The van der Waals surface area contributed by atoms with E-state index in [1.54, 1.807) is 35.5 Å². The molecule has 1 aromatic carbocycles. The number of amides is 2. The van der Waals surface area contributed by atoms with E-state index in [1.165, 1.54) is 0 Å². The molecule has 32 heavy (non-hydrogen) atoms. The zero-order valence-corrected chi connectivity index (χ0v) is 20.2. The molecule has 1 aromatic heterocycles. The third-order valence-corrected chi connectivity index (χ3v) is 4.70. The van der Waals surface area contributed by atoms with Crippen LogP contribution in [-0.2, 0) is 4.79 Å². The van der Waals surface area contributed by atoms with E-state index in [0.717, 1.165) is 5.69 Å². The quantitative estimate of drug-likeness (QED) is 0.514. The highest BCUT2D eigenvalue weighted by atomic mass is 35.5. The van der Waals surface area contributed by atoms with Crippen LogP contribution >= 0.6 is 11.6 Å². The van der Waals surface area contributed by atoms with Crippen LogP contribution in [0, 0.1) is 0 Å². The number of halogens is 1. The number of carbonyl (C=O) groups is 2. The molecule has 0 aliphatic carbocycles. The van der Waals surface area contributed by atoms with Crippen LogP contribution in [0.5, 0.6) is 5.75 Å². The first kappa shape index (κ1) is 25.5. The molecule has 0 atom stereocenters. The highest BCUT2D eigenvalue weighted by Crippen LogP contribution is 2.23. The van der Waals surface area contributed by atoms with Crippen LogP contribution in [-0.4, -0.2) is 53.0 Å². The summed E-state index contributed by atoms with van der Waals surface area (Å²) in [7, 11) is 0. The van der Waals surface area contributed by atoms with E-state index in [4.69, 9.17) is 16.3 Å². The smallest absolute Gasteiger partial charge is 0.254 e. The lowest BCUT2D eigenvalue weighted by molar-refractivity contribution is -0.122. The molecule has 0 aliphatic heterocycles. The number of benzene rings is 1. The highest BCUT2D eigenvalue weighted by Gasteiger charge is 2.22. The van der Waals surface area contributed by atoms with Crippen molar-refractivity contribution in [1.29, 1.82) is 0 Å². The molecule has 2 amide bonds. The van der Waals surface area contributed by atoms with E-state index >= 15 is 0 Å². The number of nitrogens with zero attached hydrogens (tertiary/aromatic N) is 2. The maximum atomic E-state index is 13.2. The zero-order chi connectivity index (χ0) is 23.7. The molecule has 0 unspecified atom stereocenters. The Bertz CT molecular complexity index is 898. The van der Waals surface area contributed by atoms with Crippen molar-refractivity contribution in [2.24, 2.45) is 0 Å². The van der Waals surface area contributed by atoms with Crippen molar-refractivity contribution in [3.05, 3.63) is 53.3 Å². The van der Waals surface area contributed by atoms with Crippen molar-refractivity contribution in [2.75, 3.05) is 25.0 Å². The van der Waals surface area contributed by atoms with Crippen LogP contribution in [0.3, 0.4) is 0 Å². The minimum absolute atomic E-state index is 0.0714. The molecule has 2 aromatic rings. The maximum Gasteiger partial charge on any atom is 0.254 e. The number of hydrogen-bond donors (Lipinski definition) is 2. The molecule has 0 radical (unpaired) electrons. The molecule has 7 nitrogen and oxygen atoms in total. The van der Waals surface area contributed by atoms with Crippen LogP contribution in [0.4, 0.5) is 5.69 Å². The minimum Gasteiger partial charge on any atom is -0.492 e. The van der Waals surface area contributed by atoms with Gasteiger partial charge >= 0.3 is 0 Å². The Balaban J connectivity index is 1.99. The van der Waals surface area contributed by atoms with Crippen molar-refractivity contribution >= 4 is 29.1 Å². The van der Waals surface area contributed by atoms with Crippen molar-refractivity contribution < 1.29 is 14.3 Å². The molecule has 0 bridgehead atoms. The second-order valence-electron chi connectivity index (χ2n) is 8.83. The maximum absolute atomic E-state index is 13.2. The van der Waals surface area contributed by atoms with E-state index in [2.05, 4.69) is 15.6 Å².